The van der Waals surface area contributed by atoms with Gasteiger partial charge in [0, 0.05) is 30.3 Å². The number of anilines is 1. The molecule has 3 heterocycles. The lowest BCUT2D eigenvalue weighted by Gasteiger charge is -2.33. The summed E-state index contributed by atoms with van der Waals surface area (Å²) in [7, 11) is 0. The first-order chi connectivity index (χ1) is 16.3. The van der Waals surface area contributed by atoms with Crippen molar-refractivity contribution in [1.29, 1.82) is 0 Å². The van der Waals surface area contributed by atoms with Gasteiger partial charge in [-0.2, -0.15) is 9.78 Å². The highest BCUT2D eigenvalue weighted by atomic mass is 16.6. The molecule has 1 aliphatic rings. The van der Waals surface area contributed by atoms with E-state index in [1.165, 1.54) is 16.8 Å². The monoisotopic (exact) mass is 468 g/mol. The Balaban J connectivity index is 1.61. The van der Waals surface area contributed by atoms with Gasteiger partial charge in [-0.1, -0.05) is 23.8 Å². The Hall–Kier alpha value is -4.20. The van der Waals surface area contributed by atoms with Gasteiger partial charge in [0.05, 0.1) is 16.3 Å². The Morgan fingerprint density at radius 1 is 1.38 bits per heavy atom. The number of nitrogens with zero attached hydrogens (tertiary/aromatic N) is 8. The summed E-state index contributed by atoms with van der Waals surface area (Å²) in [5.41, 5.74) is 9.65. The molecule has 1 aliphatic heterocycles. The highest BCUT2D eigenvalue weighted by molar-refractivity contribution is 6.01. The van der Waals surface area contributed by atoms with Gasteiger partial charge in [0.25, 0.3) is 11.6 Å². The number of nitro groups is 1. The summed E-state index contributed by atoms with van der Waals surface area (Å²) in [5.74, 6) is -0.433. The van der Waals surface area contributed by atoms with Crippen LogP contribution < -0.4 is 11.2 Å². The van der Waals surface area contributed by atoms with Crippen molar-refractivity contribution in [1.82, 2.24) is 35.6 Å². The summed E-state index contributed by atoms with van der Waals surface area (Å²) in [6.07, 6.45) is 3.24. The molecule has 0 saturated carbocycles. The molecule has 1 unspecified atom stereocenters. The maximum absolute atomic E-state index is 13.0. The number of piperidine rings is 1. The molecule has 14 heteroatoms. The summed E-state index contributed by atoms with van der Waals surface area (Å²) in [4.78, 5) is 25.8. The third kappa shape index (κ3) is 4.76. The largest absolute Gasteiger partial charge is 0.378 e. The predicted molar refractivity (Wildman–Crippen MR) is 120 cm³/mol. The molecule has 0 bridgehead atoms. The molecule has 0 aliphatic carbocycles. The van der Waals surface area contributed by atoms with Gasteiger partial charge in [0.1, 0.15) is 0 Å². The molecule has 14 nitrogen and oxygen atoms in total. The Morgan fingerprint density at radius 2 is 2.21 bits per heavy atom. The molecule has 1 fully saturated rings. The molecule has 1 amide bonds. The van der Waals surface area contributed by atoms with E-state index >= 15 is 0 Å². The molecule has 0 spiro atoms. The molecule has 1 aromatic carbocycles. The number of hydrogen-bond acceptors (Lipinski definition) is 11. The number of benzene rings is 1. The fourth-order valence-electron chi connectivity index (χ4n) is 3.81. The van der Waals surface area contributed by atoms with E-state index in [0.717, 1.165) is 25.8 Å². The van der Waals surface area contributed by atoms with Gasteiger partial charge in [-0.3, -0.25) is 19.8 Å². The maximum Gasteiger partial charge on any atom is 0.293 e. The van der Waals surface area contributed by atoms with Crippen LogP contribution >= 0.6 is 0 Å². The smallest absolute Gasteiger partial charge is 0.293 e. The Labute approximate surface area is 193 Å². The van der Waals surface area contributed by atoms with E-state index in [-0.39, 0.29) is 23.0 Å². The van der Waals surface area contributed by atoms with Crippen LogP contribution in [0.4, 0.5) is 11.5 Å². The minimum atomic E-state index is -0.592. The summed E-state index contributed by atoms with van der Waals surface area (Å²) < 4.78 is 6.04. The van der Waals surface area contributed by atoms with Crippen molar-refractivity contribution in [2.75, 3.05) is 12.3 Å². The summed E-state index contributed by atoms with van der Waals surface area (Å²) >= 11 is 0. The molecule has 1 atom stereocenters. The van der Waals surface area contributed by atoms with Crippen molar-refractivity contribution >= 4 is 23.1 Å². The molecule has 3 N–H and O–H groups in total. The molecule has 34 heavy (non-hydrogen) atoms. The summed E-state index contributed by atoms with van der Waals surface area (Å²) in [5, 5.41) is 30.6. The molecule has 0 radical (unpaired) electrons. The minimum absolute atomic E-state index is 0.0179. The number of hydrogen-bond donors (Lipinski definition) is 2. The zero-order valence-corrected chi connectivity index (χ0v) is 18.7. The Bertz CT molecular complexity index is 1230. The number of aromatic nitrogens is 5. The fourth-order valence-corrected chi connectivity index (χ4v) is 3.81. The van der Waals surface area contributed by atoms with Crippen molar-refractivity contribution in [2.45, 2.75) is 45.7 Å². The lowest BCUT2D eigenvalue weighted by atomic mass is 10.0. The van der Waals surface area contributed by atoms with Gasteiger partial charge in [0.15, 0.2) is 5.69 Å². The first kappa shape index (κ1) is 23.0. The zero-order valence-electron chi connectivity index (χ0n) is 18.7. The van der Waals surface area contributed by atoms with Crippen LogP contribution in [-0.4, -0.2) is 59.3 Å². The highest BCUT2D eigenvalue weighted by Crippen LogP contribution is 2.23. The van der Waals surface area contributed by atoms with Crippen molar-refractivity contribution in [3.63, 3.8) is 0 Å². The van der Waals surface area contributed by atoms with Crippen LogP contribution in [0.15, 0.2) is 34.0 Å². The fraction of sp³-hybridized carbons (Fsp3) is 0.400. The van der Waals surface area contributed by atoms with Crippen LogP contribution in [0.1, 0.15) is 54.9 Å². The number of rotatable bonds is 7. The van der Waals surface area contributed by atoms with E-state index < -0.39 is 10.8 Å². The number of nitrogens with one attached hydrogen (secondary N) is 1. The number of amides is 1. The first-order valence-electron chi connectivity index (χ1n) is 10.7. The van der Waals surface area contributed by atoms with Crippen molar-refractivity contribution < 1.29 is 14.3 Å². The first-order valence-corrected chi connectivity index (χ1v) is 10.7. The quantitative estimate of drug-likeness (QED) is 0.294. The molecule has 3 aromatic rings. The average Bonchev–Trinajstić information content (AvgIpc) is 3.44. The van der Waals surface area contributed by atoms with Gasteiger partial charge < -0.3 is 5.73 Å². The van der Waals surface area contributed by atoms with Gasteiger partial charge in [-0.15, -0.1) is 5.10 Å². The van der Waals surface area contributed by atoms with Crippen molar-refractivity contribution in [3.8, 4) is 5.82 Å². The van der Waals surface area contributed by atoms with E-state index in [0.29, 0.717) is 29.6 Å². The van der Waals surface area contributed by atoms with Crippen molar-refractivity contribution in [2.24, 2.45) is 5.10 Å². The summed E-state index contributed by atoms with van der Waals surface area (Å²) in [6.45, 7) is 5.01. The van der Waals surface area contributed by atoms with E-state index in [9.17, 15) is 14.9 Å². The normalized spacial score (nSPS) is 17.0. The Kier molecular flexibility index (Phi) is 6.58. The SMILES string of the molecule is C/C(=N/NC(=O)c1nnn(-c2nonc2N)c1CN1CCCCC1C)c1cccc([N+](=O)[O-])c1. The number of non-ortho nitro benzene ring substituents is 1. The van der Waals surface area contributed by atoms with E-state index in [1.807, 2.05) is 0 Å². The van der Waals surface area contributed by atoms with E-state index in [4.69, 9.17) is 10.4 Å². The van der Waals surface area contributed by atoms with Crippen LogP contribution in [0.2, 0.25) is 0 Å². The third-order valence-electron chi connectivity index (χ3n) is 5.77. The molecular weight excluding hydrogens is 444 g/mol. The van der Waals surface area contributed by atoms with Crippen LogP contribution in [0.25, 0.3) is 5.82 Å². The van der Waals surface area contributed by atoms with Crippen LogP contribution in [0, 0.1) is 10.1 Å². The topological polar surface area (TPSA) is 183 Å². The maximum atomic E-state index is 13.0. The number of carbonyl (C=O) groups excluding carboxylic acids is 1. The van der Waals surface area contributed by atoms with Gasteiger partial charge in [0.2, 0.25) is 11.6 Å². The molecule has 1 saturated heterocycles. The number of likely N-dealkylation sites (tertiary alicyclic amines) is 1. The number of hydrazone groups is 1. The number of nitrogens with two attached hydrogens (primary N) is 1. The van der Waals surface area contributed by atoms with Crippen LogP contribution in [-0.2, 0) is 6.54 Å². The summed E-state index contributed by atoms with van der Waals surface area (Å²) in [6, 6.07) is 6.29. The minimum Gasteiger partial charge on any atom is -0.378 e. The lowest BCUT2D eigenvalue weighted by molar-refractivity contribution is -0.384. The molecular formula is C20H24N10O4. The lowest BCUT2D eigenvalue weighted by Crippen LogP contribution is -2.38. The Morgan fingerprint density at radius 3 is 2.91 bits per heavy atom. The van der Waals surface area contributed by atoms with Crippen LogP contribution in [0.5, 0.6) is 0 Å². The van der Waals surface area contributed by atoms with E-state index in [1.54, 1.807) is 19.1 Å². The number of nitro benzene ring substituents is 1. The average molecular weight is 468 g/mol. The van der Waals surface area contributed by atoms with E-state index in [2.05, 4.69) is 43.0 Å². The second-order valence-electron chi connectivity index (χ2n) is 8.03. The van der Waals surface area contributed by atoms with Crippen LogP contribution in [0.3, 0.4) is 0 Å². The van der Waals surface area contributed by atoms with Crippen molar-refractivity contribution in [3.05, 3.63) is 51.3 Å². The number of nitrogen functional groups attached to an aromatic ring is 1. The van der Waals surface area contributed by atoms with Gasteiger partial charge >= 0.3 is 0 Å². The van der Waals surface area contributed by atoms with Gasteiger partial charge in [-0.05, 0) is 43.5 Å². The van der Waals surface area contributed by atoms with Gasteiger partial charge in [-0.25, -0.2) is 10.1 Å². The molecule has 178 valence electrons. The second-order valence-corrected chi connectivity index (χ2v) is 8.03. The second kappa shape index (κ2) is 9.74. The highest BCUT2D eigenvalue weighted by Gasteiger charge is 2.28. The zero-order chi connectivity index (χ0) is 24.2. The molecule has 2 aromatic heterocycles. The third-order valence-corrected chi connectivity index (χ3v) is 5.77. The predicted octanol–water partition coefficient (Wildman–Crippen LogP) is 1.67. The standard InChI is InChI=1S/C20H24N10O4/c1-12-6-3-4-9-28(12)11-16-17(23-27-29(16)19-18(21)25-34-26-19)20(31)24-22-13(2)14-7-5-8-15(10-14)30(32)33/h5,7-8,10,12H,3-4,6,9,11H2,1-2H3,(H2,21,25)(H,24,31)/b22-13-. The molecule has 4 rings (SSSR count). The number of carbonyl (C=O) groups is 1.